The number of carbonyl (C=O) groups is 1. The van der Waals surface area contributed by atoms with Crippen LogP contribution in [0.4, 0.5) is 0 Å². The minimum Gasteiger partial charge on any atom is -0.465 e. The lowest BCUT2D eigenvalue weighted by Crippen LogP contribution is -2.32. The Labute approximate surface area is 99.2 Å². The molecule has 1 heterocycles. The van der Waals surface area contributed by atoms with Gasteiger partial charge in [0.2, 0.25) is 0 Å². The van der Waals surface area contributed by atoms with Gasteiger partial charge in [-0.05, 0) is 24.4 Å². The van der Waals surface area contributed by atoms with Gasteiger partial charge in [0.25, 0.3) is 0 Å². The Kier molecular flexibility index (Phi) is 4.65. The van der Waals surface area contributed by atoms with Gasteiger partial charge in [-0.3, -0.25) is 4.98 Å². The summed E-state index contributed by atoms with van der Waals surface area (Å²) in [6.45, 7) is 0.463. The molecule has 1 aromatic heterocycles. The van der Waals surface area contributed by atoms with Crippen molar-refractivity contribution in [1.29, 1.82) is 0 Å². The maximum Gasteiger partial charge on any atom is 0.337 e. The molecule has 0 aliphatic heterocycles. The molecule has 16 heavy (non-hydrogen) atoms. The fourth-order valence-corrected chi connectivity index (χ4v) is 1.15. The van der Waals surface area contributed by atoms with E-state index in [0.717, 1.165) is 5.69 Å². The molecule has 86 valence electrons. The first-order chi connectivity index (χ1) is 7.67. The van der Waals surface area contributed by atoms with Crippen LogP contribution >= 0.6 is 12.2 Å². The summed E-state index contributed by atoms with van der Waals surface area (Å²) in [6.07, 6.45) is 1.56. The van der Waals surface area contributed by atoms with Crippen molar-refractivity contribution >= 4 is 23.3 Å². The number of methoxy groups -OCH3 is 1. The van der Waals surface area contributed by atoms with Gasteiger partial charge in [-0.2, -0.15) is 0 Å². The van der Waals surface area contributed by atoms with Crippen LogP contribution in [0.25, 0.3) is 0 Å². The molecule has 0 radical (unpaired) electrons. The minimum absolute atomic E-state index is 0.375. The average Bonchev–Trinajstić information content (AvgIpc) is 2.35. The summed E-state index contributed by atoms with van der Waals surface area (Å²) >= 11 is 4.92. The van der Waals surface area contributed by atoms with Crippen LogP contribution in [0.1, 0.15) is 16.1 Å². The molecule has 0 spiro atoms. The number of hydrogen-bond acceptors (Lipinski definition) is 4. The van der Waals surface area contributed by atoms with E-state index < -0.39 is 0 Å². The van der Waals surface area contributed by atoms with Crippen molar-refractivity contribution in [2.45, 2.75) is 6.54 Å². The van der Waals surface area contributed by atoms with Gasteiger partial charge in [0.05, 0.1) is 24.9 Å². The first-order valence-corrected chi connectivity index (χ1v) is 5.07. The molecule has 0 bridgehead atoms. The molecule has 1 rings (SSSR count). The number of pyridine rings is 1. The normalized spacial score (nSPS) is 9.38. The summed E-state index contributed by atoms with van der Waals surface area (Å²) in [5, 5.41) is 6.26. The summed E-state index contributed by atoms with van der Waals surface area (Å²) < 4.78 is 4.61. The Bertz CT molecular complexity index is 395. The van der Waals surface area contributed by atoms with Gasteiger partial charge in [0.15, 0.2) is 5.11 Å². The zero-order chi connectivity index (χ0) is 12.0. The molecule has 0 fully saturated rings. The zero-order valence-corrected chi connectivity index (χ0v) is 9.93. The van der Waals surface area contributed by atoms with Gasteiger partial charge in [0.1, 0.15) is 0 Å². The van der Waals surface area contributed by atoms with Crippen molar-refractivity contribution in [2.24, 2.45) is 0 Å². The van der Waals surface area contributed by atoms with E-state index in [2.05, 4.69) is 20.4 Å². The Morgan fingerprint density at radius 2 is 2.38 bits per heavy atom. The third-order valence-electron chi connectivity index (χ3n) is 1.89. The molecule has 5 nitrogen and oxygen atoms in total. The number of nitrogens with one attached hydrogen (secondary N) is 2. The fraction of sp³-hybridized carbons (Fsp3) is 0.300. The predicted octanol–water partition coefficient (Wildman–Crippen LogP) is 0.462. The lowest BCUT2D eigenvalue weighted by Gasteiger charge is -2.07. The van der Waals surface area contributed by atoms with Crippen molar-refractivity contribution in [3.63, 3.8) is 0 Å². The van der Waals surface area contributed by atoms with Crippen LogP contribution in [0.15, 0.2) is 18.3 Å². The van der Waals surface area contributed by atoms with Crippen LogP contribution in [0, 0.1) is 0 Å². The van der Waals surface area contributed by atoms with Crippen molar-refractivity contribution in [3.8, 4) is 0 Å². The lowest BCUT2D eigenvalue weighted by atomic mass is 10.2. The highest BCUT2D eigenvalue weighted by Gasteiger charge is 2.06. The summed E-state index contributed by atoms with van der Waals surface area (Å²) in [5.41, 5.74) is 1.20. The lowest BCUT2D eigenvalue weighted by molar-refractivity contribution is 0.0600. The highest BCUT2D eigenvalue weighted by Crippen LogP contribution is 2.03. The van der Waals surface area contributed by atoms with Crippen molar-refractivity contribution in [2.75, 3.05) is 14.2 Å². The van der Waals surface area contributed by atoms with Crippen molar-refractivity contribution < 1.29 is 9.53 Å². The Morgan fingerprint density at radius 1 is 1.62 bits per heavy atom. The zero-order valence-electron chi connectivity index (χ0n) is 9.11. The summed E-state index contributed by atoms with van der Waals surface area (Å²) in [6, 6.07) is 3.27. The molecule has 0 aliphatic carbocycles. The van der Waals surface area contributed by atoms with E-state index in [1.807, 2.05) is 0 Å². The van der Waals surface area contributed by atoms with E-state index in [0.29, 0.717) is 17.2 Å². The van der Waals surface area contributed by atoms with Gasteiger partial charge >= 0.3 is 5.97 Å². The second-order valence-electron chi connectivity index (χ2n) is 2.96. The first kappa shape index (κ1) is 12.4. The Morgan fingerprint density at radius 3 is 3.00 bits per heavy atom. The number of nitrogens with zero attached hydrogens (tertiary/aromatic N) is 1. The summed E-state index contributed by atoms with van der Waals surface area (Å²) in [5.74, 6) is -0.375. The third-order valence-corrected chi connectivity index (χ3v) is 2.24. The topological polar surface area (TPSA) is 63.2 Å². The highest BCUT2D eigenvalue weighted by atomic mass is 32.1. The third kappa shape index (κ3) is 3.47. The number of ether oxygens (including phenoxy) is 1. The Balaban J connectivity index is 2.67. The van der Waals surface area contributed by atoms with Crippen LogP contribution in [-0.4, -0.2) is 30.2 Å². The smallest absolute Gasteiger partial charge is 0.337 e. The number of rotatable bonds is 3. The van der Waals surface area contributed by atoms with Gasteiger partial charge < -0.3 is 15.4 Å². The van der Waals surface area contributed by atoms with Crippen LogP contribution in [0.2, 0.25) is 0 Å². The molecule has 1 aromatic rings. The van der Waals surface area contributed by atoms with Gasteiger partial charge in [0, 0.05) is 13.2 Å². The maximum absolute atomic E-state index is 11.3. The van der Waals surface area contributed by atoms with Gasteiger partial charge in [-0.15, -0.1) is 0 Å². The largest absolute Gasteiger partial charge is 0.465 e. The number of thiocarbonyl (C=S) groups is 1. The highest BCUT2D eigenvalue weighted by molar-refractivity contribution is 7.80. The summed E-state index contributed by atoms with van der Waals surface area (Å²) in [7, 11) is 3.07. The Hall–Kier alpha value is -1.69. The van der Waals surface area contributed by atoms with Gasteiger partial charge in [-0.25, -0.2) is 4.79 Å². The van der Waals surface area contributed by atoms with E-state index in [-0.39, 0.29) is 5.97 Å². The molecule has 0 atom stereocenters. The van der Waals surface area contributed by atoms with Crippen LogP contribution in [0.5, 0.6) is 0 Å². The monoisotopic (exact) mass is 239 g/mol. The number of esters is 1. The van der Waals surface area contributed by atoms with Gasteiger partial charge in [-0.1, -0.05) is 0 Å². The molecule has 0 unspecified atom stereocenters. The quantitative estimate of drug-likeness (QED) is 0.590. The van der Waals surface area contributed by atoms with Crippen LogP contribution in [-0.2, 0) is 11.3 Å². The van der Waals surface area contributed by atoms with Crippen molar-refractivity contribution in [3.05, 3.63) is 29.6 Å². The van der Waals surface area contributed by atoms with Crippen LogP contribution < -0.4 is 10.6 Å². The maximum atomic E-state index is 11.3. The molecular formula is C10H13N3O2S. The summed E-state index contributed by atoms with van der Waals surface area (Å²) in [4.78, 5) is 15.4. The second kappa shape index (κ2) is 6.02. The molecule has 0 saturated heterocycles. The number of carbonyl (C=O) groups excluding carboxylic acids is 1. The number of hydrogen-bond donors (Lipinski definition) is 2. The van der Waals surface area contributed by atoms with E-state index in [9.17, 15) is 4.79 Å². The first-order valence-electron chi connectivity index (χ1n) is 4.66. The minimum atomic E-state index is -0.375. The number of aromatic nitrogens is 1. The predicted molar refractivity (Wildman–Crippen MR) is 64.1 cm³/mol. The average molecular weight is 239 g/mol. The van der Waals surface area contributed by atoms with E-state index in [1.165, 1.54) is 7.11 Å². The molecule has 0 aromatic carbocycles. The van der Waals surface area contributed by atoms with Crippen LogP contribution in [0.3, 0.4) is 0 Å². The van der Waals surface area contributed by atoms with E-state index in [4.69, 9.17) is 12.2 Å². The molecule has 0 saturated carbocycles. The molecule has 2 N–H and O–H groups in total. The van der Waals surface area contributed by atoms with Crippen molar-refractivity contribution in [1.82, 2.24) is 15.6 Å². The molecular weight excluding hydrogens is 226 g/mol. The molecule has 0 aliphatic rings. The molecule has 0 amide bonds. The van der Waals surface area contributed by atoms with E-state index >= 15 is 0 Å². The fourth-order valence-electron chi connectivity index (χ4n) is 1.08. The standard InChI is InChI=1S/C10H13N3O2S/c1-11-10(16)13-6-8-5-7(3-4-12-8)9(14)15-2/h3-5H,6H2,1-2H3,(H2,11,13,16). The second-order valence-corrected chi connectivity index (χ2v) is 3.37. The SMILES string of the molecule is CNC(=S)NCc1cc(C(=O)OC)ccn1. The van der Waals surface area contributed by atoms with E-state index in [1.54, 1.807) is 25.4 Å². The molecule has 6 heteroatoms.